The number of piperidine rings is 1. The molecule has 1 atom stereocenters. The molecule has 1 unspecified atom stereocenters. The van der Waals surface area contributed by atoms with Crippen LogP contribution >= 0.6 is 0 Å². The van der Waals surface area contributed by atoms with E-state index in [2.05, 4.69) is 50.1 Å². The van der Waals surface area contributed by atoms with Crippen LogP contribution in [0.4, 0.5) is 0 Å². The van der Waals surface area contributed by atoms with Crippen LogP contribution in [-0.2, 0) is 0 Å². The molecule has 0 aliphatic carbocycles. The Balaban J connectivity index is 2.18. The van der Waals surface area contributed by atoms with Gasteiger partial charge in [-0.3, -0.25) is 0 Å². The third-order valence-electron chi connectivity index (χ3n) is 4.12. The Bertz CT molecular complexity index is 208. The number of nitrogens with zero attached hydrogens (tertiary/aromatic N) is 2. The molecule has 0 aromatic heterocycles. The summed E-state index contributed by atoms with van der Waals surface area (Å²) in [5.41, 5.74) is 0. The second-order valence-corrected chi connectivity index (χ2v) is 6.65. The molecule has 0 aromatic carbocycles. The van der Waals surface area contributed by atoms with Crippen LogP contribution in [0, 0.1) is 11.8 Å². The summed E-state index contributed by atoms with van der Waals surface area (Å²) >= 11 is 0. The lowest BCUT2D eigenvalue weighted by molar-refractivity contribution is 0.205. The van der Waals surface area contributed by atoms with Gasteiger partial charge in [0.1, 0.15) is 0 Å². The maximum absolute atomic E-state index is 3.70. The molecule has 108 valence electrons. The third kappa shape index (κ3) is 6.17. The van der Waals surface area contributed by atoms with Crippen molar-refractivity contribution in [2.75, 3.05) is 47.3 Å². The van der Waals surface area contributed by atoms with Crippen LogP contribution < -0.4 is 5.32 Å². The number of nitrogens with one attached hydrogen (secondary N) is 1. The molecule has 3 heteroatoms. The molecule has 0 saturated carbocycles. The van der Waals surface area contributed by atoms with E-state index >= 15 is 0 Å². The van der Waals surface area contributed by atoms with Crippen molar-refractivity contribution in [1.82, 2.24) is 15.1 Å². The zero-order chi connectivity index (χ0) is 13.5. The lowest BCUT2D eigenvalue weighted by Crippen LogP contribution is -2.41. The molecule has 1 rings (SSSR count). The van der Waals surface area contributed by atoms with Crippen LogP contribution in [0.25, 0.3) is 0 Å². The number of hydrogen-bond donors (Lipinski definition) is 1. The molecular weight excluding hydrogens is 222 g/mol. The van der Waals surface area contributed by atoms with Gasteiger partial charge in [-0.15, -0.1) is 0 Å². The van der Waals surface area contributed by atoms with Crippen LogP contribution in [0.1, 0.15) is 33.1 Å². The van der Waals surface area contributed by atoms with Crippen molar-refractivity contribution in [2.24, 2.45) is 11.8 Å². The van der Waals surface area contributed by atoms with Crippen molar-refractivity contribution in [3.05, 3.63) is 0 Å². The molecule has 3 nitrogen and oxygen atoms in total. The molecule has 0 aromatic rings. The third-order valence-corrected chi connectivity index (χ3v) is 4.12. The van der Waals surface area contributed by atoms with Gasteiger partial charge in [-0.25, -0.2) is 0 Å². The highest BCUT2D eigenvalue weighted by Gasteiger charge is 2.17. The van der Waals surface area contributed by atoms with Crippen LogP contribution in [0.15, 0.2) is 0 Å². The Morgan fingerprint density at radius 2 is 1.83 bits per heavy atom. The summed E-state index contributed by atoms with van der Waals surface area (Å²) in [7, 11) is 6.63. The summed E-state index contributed by atoms with van der Waals surface area (Å²) in [6.45, 7) is 9.51. The Morgan fingerprint density at radius 3 is 2.33 bits per heavy atom. The van der Waals surface area contributed by atoms with Gasteiger partial charge >= 0.3 is 0 Å². The van der Waals surface area contributed by atoms with E-state index in [1.54, 1.807) is 0 Å². The summed E-state index contributed by atoms with van der Waals surface area (Å²) in [6, 6.07) is 0.677. The SMILES string of the molecule is CC(C)CC(CNCC1CCN(C)CC1)N(C)C. The van der Waals surface area contributed by atoms with Crippen LogP contribution in [0.2, 0.25) is 0 Å². The summed E-state index contributed by atoms with van der Waals surface area (Å²) in [5.74, 6) is 1.67. The Labute approximate surface area is 114 Å². The first-order valence-corrected chi connectivity index (χ1v) is 7.54. The van der Waals surface area contributed by atoms with E-state index in [9.17, 15) is 0 Å². The minimum absolute atomic E-state index is 0.677. The fourth-order valence-corrected chi connectivity index (χ4v) is 2.74. The lowest BCUT2D eigenvalue weighted by atomic mass is 9.97. The molecule has 1 saturated heterocycles. The molecule has 0 spiro atoms. The molecule has 0 radical (unpaired) electrons. The monoisotopic (exact) mass is 255 g/mol. The average Bonchev–Trinajstić information content (AvgIpc) is 2.29. The summed E-state index contributed by atoms with van der Waals surface area (Å²) in [5, 5.41) is 3.70. The van der Waals surface area contributed by atoms with Gasteiger partial charge in [0, 0.05) is 12.6 Å². The van der Waals surface area contributed by atoms with Gasteiger partial charge < -0.3 is 15.1 Å². The van der Waals surface area contributed by atoms with Crippen molar-refractivity contribution in [3.8, 4) is 0 Å². The standard InChI is InChI=1S/C15H33N3/c1-13(2)10-15(17(3)4)12-16-11-14-6-8-18(5)9-7-14/h13-16H,6-12H2,1-5H3. The minimum Gasteiger partial charge on any atom is -0.315 e. The number of likely N-dealkylation sites (N-methyl/N-ethyl adjacent to an activating group) is 1. The summed E-state index contributed by atoms with van der Waals surface area (Å²) in [6.07, 6.45) is 4.01. The summed E-state index contributed by atoms with van der Waals surface area (Å²) < 4.78 is 0. The molecule has 1 N–H and O–H groups in total. The topological polar surface area (TPSA) is 18.5 Å². The molecule has 0 amide bonds. The van der Waals surface area contributed by atoms with Crippen molar-refractivity contribution in [3.63, 3.8) is 0 Å². The van der Waals surface area contributed by atoms with E-state index < -0.39 is 0 Å². The van der Waals surface area contributed by atoms with Crippen molar-refractivity contribution < 1.29 is 0 Å². The van der Waals surface area contributed by atoms with E-state index in [0.717, 1.165) is 18.4 Å². The highest BCUT2D eigenvalue weighted by atomic mass is 15.1. The Hall–Kier alpha value is -0.120. The molecule has 0 bridgehead atoms. The molecule has 1 aliphatic rings. The quantitative estimate of drug-likeness (QED) is 0.749. The molecule has 1 fully saturated rings. The van der Waals surface area contributed by atoms with Gasteiger partial charge in [0.05, 0.1) is 0 Å². The molecule has 1 heterocycles. The second kappa shape index (κ2) is 8.13. The predicted molar refractivity (Wildman–Crippen MR) is 80.0 cm³/mol. The van der Waals surface area contributed by atoms with Gasteiger partial charge in [0.25, 0.3) is 0 Å². The minimum atomic E-state index is 0.677. The normalized spacial score (nSPS) is 20.8. The smallest absolute Gasteiger partial charge is 0.0216 e. The Morgan fingerprint density at radius 1 is 1.22 bits per heavy atom. The van der Waals surface area contributed by atoms with E-state index in [1.165, 1.54) is 38.9 Å². The Kier molecular flexibility index (Phi) is 7.20. The van der Waals surface area contributed by atoms with Gasteiger partial charge in [-0.05, 0) is 71.9 Å². The van der Waals surface area contributed by atoms with E-state index in [1.807, 2.05) is 0 Å². The van der Waals surface area contributed by atoms with Gasteiger partial charge in [0.15, 0.2) is 0 Å². The first-order valence-electron chi connectivity index (χ1n) is 7.54. The number of rotatable bonds is 7. The molecular formula is C15H33N3. The zero-order valence-corrected chi connectivity index (χ0v) is 13.1. The van der Waals surface area contributed by atoms with Crippen molar-refractivity contribution in [1.29, 1.82) is 0 Å². The van der Waals surface area contributed by atoms with Crippen molar-refractivity contribution in [2.45, 2.75) is 39.2 Å². The first kappa shape index (κ1) is 15.9. The van der Waals surface area contributed by atoms with Crippen LogP contribution in [0.3, 0.4) is 0 Å². The maximum atomic E-state index is 3.70. The van der Waals surface area contributed by atoms with Gasteiger partial charge in [0.2, 0.25) is 0 Å². The predicted octanol–water partition coefficient (Wildman–Crippen LogP) is 1.89. The summed E-state index contributed by atoms with van der Waals surface area (Å²) in [4.78, 5) is 4.81. The lowest BCUT2D eigenvalue weighted by Gasteiger charge is -2.31. The second-order valence-electron chi connectivity index (χ2n) is 6.65. The van der Waals surface area contributed by atoms with Gasteiger partial charge in [-0.1, -0.05) is 13.8 Å². The maximum Gasteiger partial charge on any atom is 0.0216 e. The number of likely N-dealkylation sites (tertiary alicyclic amines) is 1. The molecule has 18 heavy (non-hydrogen) atoms. The highest BCUT2D eigenvalue weighted by molar-refractivity contribution is 4.75. The van der Waals surface area contributed by atoms with Crippen LogP contribution in [0.5, 0.6) is 0 Å². The fourth-order valence-electron chi connectivity index (χ4n) is 2.74. The zero-order valence-electron chi connectivity index (χ0n) is 13.1. The highest BCUT2D eigenvalue weighted by Crippen LogP contribution is 2.15. The fraction of sp³-hybridized carbons (Fsp3) is 1.00. The van der Waals surface area contributed by atoms with Crippen molar-refractivity contribution >= 4 is 0 Å². The van der Waals surface area contributed by atoms with E-state index in [0.29, 0.717) is 6.04 Å². The van der Waals surface area contributed by atoms with E-state index in [4.69, 9.17) is 0 Å². The largest absolute Gasteiger partial charge is 0.315 e. The first-order chi connectivity index (χ1) is 8.49. The van der Waals surface area contributed by atoms with Gasteiger partial charge in [-0.2, -0.15) is 0 Å². The number of hydrogen-bond acceptors (Lipinski definition) is 3. The van der Waals surface area contributed by atoms with Crippen LogP contribution in [-0.4, -0.2) is 63.2 Å². The average molecular weight is 255 g/mol. The molecule has 1 aliphatic heterocycles. The van der Waals surface area contributed by atoms with E-state index in [-0.39, 0.29) is 0 Å².